The molecule has 2 rings (SSSR count). The second-order valence-corrected chi connectivity index (χ2v) is 7.48. The van der Waals surface area contributed by atoms with Crippen molar-refractivity contribution < 1.29 is 16.8 Å². The Morgan fingerprint density at radius 2 is 1.15 bits per heavy atom. The highest BCUT2D eigenvalue weighted by Gasteiger charge is 2.07. The molecule has 0 aromatic carbocycles. The Bertz CT molecular complexity index is 682. The topological polar surface area (TPSA) is 120 Å². The quantitative estimate of drug-likeness (QED) is 0.808. The van der Waals surface area contributed by atoms with Crippen molar-refractivity contribution in [3.8, 4) is 0 Å². The van der Waals surface area contributed by atoms with Crippen molar-refractivity contribution in [3.63, 3.8) is 0 Å². The fraction of sp³-hybridized carbons (Fsp3) is 0. The number of pyridine rings is 2. The molecule has 0 bridgehead atoms. The molecular formula is C10H10ClN3O4S2. The van der Waals surface area contributed by atoms with E-state index in [1.54, 1.807) is 0 Å². The SMILES string of the molecule is NS(=O)(=O)c1ccncc1.O=S(=O)(Cl)c1ccncc1. The van der Waals surface area contributed by atoms with Crippen molar-refractivity contribution >= 4 is 29.8 Å². The minimum absolute atomic E-state index is 0.0733. The molecule has 2 aromatic heterocycles. The zero-order valence-corrected chi connectivity index (χ0v) is 12.3. The number of nitrogens with two attached hydrogens (primary N) is 1. The first-order valence-electron chi connectivity index (χ1n) is 4.99. The maximum atomic E-state index is 10.6. The molecular weight excluding hydrogens is 326 g/mol. The Kier molecular flexibility index (Phi) is 5.57. The average molecular weight is 336 g/mol. The second kappa shape index (κ2) is 6.75. The van der Waals surface area contributed by atoms with Gasteiger partial charge in [0.1, 0.15) is 0 Å². The summed E-state index contributed by atoms with van der Waals surface area (Å²) in [5, 5.41) is 4.80. The molecule has 0 aliphatic carbocycles. The van der Waals surface area contributed by atoms with Crippen LogP contribution in [-0.4, -0.2) is 26.8 Å². The summed E-state index contributed by atoms with van der Waals surface area (Å²) in [6.07, 6.45) is 5.49. The van der Waals surface area contributed by atoms with Crippen LogP contribution in [0.25, 0.3) is 0 Å². The monoisotopic (exact) mass is 335 g/mol. The molecule has 0 amide bonds. The largest absolute Gasteiger partial charge is 0.265 e. The Morgan fingerprint density at radius 1 is 0.800 bits per heavy atom. The first-order valence-corrected chi connectivity index (χ1v) is 8.84. The smallest absolute Gasteiger partial charge is 0.261 e. The van der Waals surface area contributed by atoms with Gasteiger partial charge < -0.3 is 0 Å². The summed E-state index contributed by atoms with van der Waals surface area (Å²) in [6, 6.07) is 5.36. The van der Waals surface area contributed by atoms with Crippen LogP contribution in [0.2, 0.25) is 0 Å². The van der Waals surface area contributed by atoms with Gasteiger partial charge in [-0.2, -0.15) is 0 Å². The van der Waals surface area contributed by atoms with Gasteiger partial charge in [0.15, 0.2) is 0 Å². The summed E-state index contributed by atoms with van der Waals surface area (Å²) >= 11 is 0. The maximum absolute atomic E-state index is 10.6. The Morgan fingerprint density at radius 3 is 1.35 bits per heavy atom. The van der Waals surface area contributed by atoms with Crippen molar-refractivity contribution in [1.82, 2.24) is 9.97 Å². The van der Waals surface area contributed by atoms with E-state index in [1.165, 1.54) is 49.1 Å². The summed E-state index contributed by atoms with van der Waals surface area (Å²) < 4.78 is 42.3. The van der Waals surface area contributed by atoms with Crippen LogP contribution in [0.5, 0.6) is 0 Å². The first kappa shape index (κ1) is 16.5. The van der Waals surface area contributed by atoms with Crippen LogP contribution in [0.1, 0.15) is 0 Å². The average Bonchev–Trinajstić information content (AvgIpc) is 2.40. The third kappa shape index (κ3) is 5.61. The van der Waals surface area contributed by atoms with Crippen LogP contribution < -0.4 is 5.14 Å². The van der Waals surface area contributed by atoms with E-state index in [0.29, 0.717) is 0 Å². The number of aromatic nitrogens is 2. The van der Waals surface area contributed by atoms with E-state index in [0.717, 1.165) is 0 Å². The molecule has 0 atom stereocenters. The predicted octanol–water partition coefficient (Wildman–Crippen LogP) is 0.738. The van der Waals surface area contributed by atoms with Crippen LogP contribution in [-0.2, 0) is 19.1 Å². The van der Waals surface area contributed by atoms with Gasteiger partial charge in [-0.25, -0.2) is 22.0 Å². The van der Waals surface area contributed by atoms with Crippen molar-refractivity contribution in [2.24, 2.45) is 5.14 Å². The zero-order chi connectivity index (χ0) is 15.2. The predicted molar refractivity (Wildman–Crippen MR) is 72.9 cm³/mol. The molecule has 2 aromatic rings. The van der Waals surface area contributed by atoms with Gasteiger partial charge in [-0.1, -0.05) is 0 Å². The number of nitrogens with zero attached hydrogens (tertiary/aromatic N) is 2. The van der Waals surface area contributed by atoms with Crippen LogP contribution >= 0.6 is 10.7 Å². The molecule has 2 heterocycles. The summed E-state index contributed by atoms with van der Waals surface area (Å²) in [5.74, 6) is 0. The van der Waals surface area contributed by atoms with Crippen molar-refractivity contribution in [3.05, 3.63) is 49.1 Å². The molecule has 0 unspecified atom stereocenters. The van der Waals surface area contributed by atoms with Crippen LogP contribution in [0.3, 0.4) is 0 Å². The zero-order valence-electron chi connectivity index (χ0n) is 9.92. The van der Waals surface area contributed by atoms with E-state index in [-0.39, 0.29) is 9.79 Å². The minimum Gasteiger partial charge on any atom is -0.265 e. The lowest BCUT2D eigenvalue weighted by molar-refractivity contribution is 0.597. The van der Waals surface area contributed by atoms with E-state index in [9.17, 15) is 16.8 Å². The molecule has 108 valence electrons. The summed E-state index contributed by atoms with van der Waals surface area (Å²) in [5.41, 5.74) is 0. The van der Waals surface area contributed by atoms with Crippen LogP contribution in [0.15, 0.2) is 58.8 Å². The molecule has 20 heavy (non-hydrogen) atoms. The van der Waals surface area contributed by atoms with Gasteiger partial charge in [0.25, 0.3) is 9.05 Å². The lowest BCUT2D eigenvalue weighted by atomic mass is 10.5. The standard InChI is InChI=1S/C5H4ClNO2S.C5H6N2O2S/c2*6-10(8,9)5-1-3-7-4-2-5/h1-4H;1-4H,(H2,6,8,9). The molecule has 0 spiro atoms. The summed E-state index contributed by atoms with van der Waals surface area (Å²) in [7, 11) is -2.11. The molecule has 7 nitrogen and oxygen atoms in total. The van der Waals surface area contributed by atoms with E-state index < -0.39 is 19.1 Å². The lowest BCUT2D eigenvalue weighted by Crippen LogP contribution is -2.11. The molecule has 0 aliphatic rings. The highest BCUT2D eigenvalue weighted by Crippen LogP contribution is 2.11. The van der Waals surface area contributed by atoms with E-state index in [1.807, 2.05) is 0 Å². The highest BCUT2D eigenvalue weighted by molar-refractivity contribution is 8.13. The van der Waals surface area contributed by atoms with Gasteiger partial charge >= 0.3 is 0 Å². The van der Waals surface area contributed by atoms with Gasteiger partial charge in [-0.15, -0.1) is 0 Å². The third-order valence-electron chi connectivity index (χ3n) is 1.91. The van der Waals surface area contributed by atoms with Crippen LogP contribution in [0.4, 0.5) is 0 Å². The van der Waals surface area contributed by atoms with Crippen molar-refractivity contribution in [2.45, 2.75) is 9.79 Å². The molecule has 0 saturated carbocycles. The van der Waals surface area contributed by atoms with Gasteiger partial charge in [0, 0.05) is 35.5 Å². The van der Waals surface area contributed by atoms with Crippen molar-refractivity contribution in [1.29, 1.82) is 0 Å². The van der Waals surface area contributed by atoms with Gasteiger partial charge in [-0.3, -0.25) is 9.97 Å². The maximum Gasteiger partial charge on any atom is 0.261 e. The fourth-order valence-electron chi connectivity index (χ4n) is 1.03. The molecule has 0 aliphatic heterocycles. The van der Waals surface area contributed by atoms with Gasteiger partial charge in [-0.05, 0) is 24.3 Å². The number of sulfonamides is 1. The number of hydrogen-bond donors (Lipinski definition) is 1. The molecule has 2 N–H and O–H groups in total. The Hall–Kier alpha value is -1.55. The summed E-state index contributed by atoms with van der Waals surface area (Å²) in [6.45, 7) is 0. The fourth-order valence-corrected chi connectivity index (χ4v) is 2.29. The molecule has 0 fully saturated rings. The lowest BCUT2D eigenvalue weighted by Gasteiger charge is -1.93. The minimum atomic E-state index is -3.57. The molecule has 0 radical (unpaired) electrons. The van der Waals surface area contributed by atoms with Crippen molar-refractivity contribution in [2.75, 3.05) is 0 Å². The number of halogens is 1. The van der Waals surface area contributed by atoms with Gasteiger partial charge in [0.05, 0.1) is 9.79 Å². The van der Waals surface area contributed by atoms with Gasteiger partial charge in [0.2, 0.25) is 10.0 Å². The number of primary sulfonamides is 1. The molecule has 0 saturated heterocycles. The number of hydrogen-bond acceptors (Lipinski definition) is 6. The number of rotatable bonds is 2. The first-order chi connectivity index (χ1) is 9.21. The van der Waals surface area contributed by atoms with E-state index in [4.69, 9.17) is 15.8 Å². The van der Waals surface area contributed by atoms with E-state index >= 15 is 0 Å². The Labute approximate surface area is 120 Å². The third-order valence-corrected chi connectivity index (χ3v) is 4.21. The normalized spacial score (nSPS) is 11.3. The Balaban J connectivity index is 0.000000200. The summed E-state index contributed by atoms with van der Waals surface area (Å²) in [4.78, 5) is 7.43. The second-order valence-electron chi connectivity index (χ2n) is 3.35. The van der Waals surface area contributed by atoms with E-state index in [2.05, 4.69) is 9.97 Å². The molecule has 10 heteroatoms. The van der Waals surface area contributed by atoms with Crippen LogP contribution in [0, 0.1) is 0 Å². The highest BCUT2D eigenvalue weighted by atomic mass is 35.7.